The topological polar surface area (TPSA) is 87.9 Å². The predicted octanol–water partition coefficient (Wildman–Crippen LogP) is 1.64. The summed E-state index contributed by atoms with van der Waals surface area (Å²) in [6.45, 7) is 1.58. The number of benzene rings is 1. The molecule has 1 aliphatic heterocycles. The van der Waals surface area contributed by atoms with Gasteiger partial charge in [-0.2, -0.15) is 0 Å². The third kappa shape index (κ3) is 2.29. The van der Waals surface area contributed by atoms with Gasteiger partial charge in [-0.25, -0.2) is 9.61 Å². The zero-order valence-corrected chi connectivity index (χ0v) is 11.9. The number of fused-ring (bicyclic) bond motifs is 1. The van der Waals surface area contributed by atoms with Gasteiger partial charge in [0.15, 0.2) is 0 Å². The molecule has 0 spiro atoms. The summed E-state index contributed by atoms with van der Waals surface area (Å²) < 4.78 is 4.64. The van der Waals surface area contributed by atoms with Gasteiger partial charge < -0.3 is 4.98 Å². The first-order chi connectivity index (χ1) is 10.8. The highest BCUT2D eigenvalue weighted by Gasteiger charge is 2.29. The Morgan fingerprint density at radius 2 is 2.27 bits per heavy atom. The van der Waals surface area contributed by atoms with Crippen molar-refractivity contribution in [1.82, 2.24) is 25.2 Å². The normalized spacial score (nSPS) is 19.0. The fraction of sp³-hybridized carbons (Fsp3) is 0.333. The van der Waals surface area contributed by atoms with E-state index < -0.39 is 0 Å². The Morgan fingerprint density at radius 3 is 3.14 bits per heavy atom. The van der Waals surface area contributed by atoms with Crippen molar-refractivity contribution in [2.24, 2.45) is 0 Å². The minimum atomic E-state index is -0.0875. The molecule has 22 heavy (non-hydrogen) atoms. The maximum Gasteiger partial charge on any atom is 0.258 e. The number of aromatic nitrogens is 4. The molecular weight excluding hydrogens is 282 g/mol. The van der Waals surface area contributed by atoms with Crippen LogP contribution in [0.3, 0.4) is 0 Å². The van der Waals surface area contributed by atoms with Crippen LogP contribution in [0.2, 0.25) is 0 Å². The lowest BCUT2D eigenvalue weighted by molar-refractivity contribution is 0.228. The highest BCUT2D eigenvalue weighted by atomic mass is 16.6. The van der Waals surface area contributed by atoms with Crippen molar-refractivity contribution in [3.63, 3.8) is 0 Å². The van der Waals surface area contributed by atoms with E-state index in [1.54, 1.807) is 12.3 Å². The number of aromatic amines is 1. The SMILES string of the molecule is O=c1[nH]c(C2CCCN2Cc2cnon2)nc2ccccc12. The van der Waals surface area contributed by atoms with Gasteiger partial charge in [-0.15, -0.1) is 0 Å². The molecule has 3 aromatic rings. The molecule has 1 atom stereocenters. The van der Waals surface area contributed by atoms with Gasteiger partial charge >= 0.3 is 0 Å². The van der Waals surface area contributed by atoms with Crippen LogP contribution < -0.4 is 5.56 Å². The Hall–Kier alpha value is -2.54. The van der Waals surface area contributed by atoms with Gasteiger partial charge in [-0.1, -0.05) is 22.4 Å². The number of rotatable bonds is 3. The molecule has 1 N–H and O–H groups in total. The lowest BCUT2D eigenvalue weighted by Gasteiger charge is -2.22. The third-order valence-electron chi connectivity index (χ3n) is 4.08. The van der Waals surface area contributed by atoms with Gasteiger partial charge in [0.1, 0.15) is 11.5 Å². The summed E-state index contributed by atoms with van der Waals surface area (Å²) in [5, 5.41) is 8.11. The van der Waals surface area contributed by atoms with Crippen molar-refractivity contribution in [3.05, 3.63) is 52.3 Å². The van der Waals surface area contributed by atoms with Gasteiger partial charge in [-0.05, 0) is 31.5 Å². The summed E-state index contributed by atoms with van der Waals surface area (Å²) in [5.74, 6) is 0.720. The standard InChI is InChI=1S/C15H15N5O2/c21-15-11-4-1-2-5-12(11)17-14(18-15)13-6-3-7-20(13)9-10-8-16-22-19-10/h1-2,4-5,8,13H,3,6-7,9H2,(H,17,18,21). The minimum absolute atomic E-state index is 0.0875. The molecule has 1 unspecified atom stereocenters. The van der Waals surface area contributed by atoms with Crippen molar-refractivity contribution in [3.8, 4) is 0 Å². The fourth-order valence-electron chi connectivity index (χ4n) is 3.05. The monoisotopic (exact) mass is 297 g/mol. The number of hydrogen-bond donors (Lipinski definition) is 1. The largest absolute Gasteiger partial charge is 0.309 e. The maximum atomic E-state index is 12.2. The Bertz CT molecular complexity index is 843. The summed E-state index contributed by atoms with van der Waals surface area (Å²) in [7, 11) is 0. The van der Waals surface area contributed by atoms with Crippen LogP contribution in [0.5, 0.6) is 0 Å². The first kappa shape index (κ1) is 13.1. The van der Waals surface area contributed by atoms with E-state index >= 15 is 0 Å². The zero-order chi connectivity index (χ0) is 14.9. The maximum absolute atomic E-state index is 12.2. The summed E-state index contributed by atoms with van der Waals surface area (Å²) >= 11 is 0. The van der Waals surface area contributed by atoms with Crippen LogP contribution in [0.1, 0.15) is 30.4 Å². The van der Waals surface area contributed by atoms with Crippen molar-refractivity contribution < 1.29 is 4.63 Å². The van der Waals surface area contributed by atoms with E-state index in [1.165, 1.54) is 0 Å². The average Bonchev–Trinajstić information content (AvgIpc) is 3.19. The lowest BCUT2D eigenvalue weighted by Crippen LogP contribution is -2.26. The number of H-pyrrole nitrogens is 1. The first-order valence-corrected chi connectivity index (χ1v) is 7.31. The molecular formula is C15H15N5O2. The molecule has 1 saturated heterocycles. The molecule has 1 aromatic carbocycles. The molecule has 0 amide bonds. The van der Waals surface area contributed by atoms with Crippen LogP contribution in [0.15, 0.2) is 39.9 Å². The zero-order valence-electron chi connectivity index (χ0n) is 11.9. The molecule has 112 valence electrons. The second-order valence-electron chi connectivity index (χ2n) is 5.50. The van der Waals surface area contributed by atoms with Gasteiger partial charge in [0.2, 0.25) is 0 Å². The molecule has 7 nitrogen and oxygen atoms in total. The molecule has 3 heterocycles. The van der Waals surface area contributed by atoms with E-state index in [1.807, 2.05) is 18.2 Å². The molecule has 1 fully saturated rings. The van der Waals surface area contributed by atoms with E-state index in [0.29, 0.717) is 11.9 Å². The molecule has 0 radical (unpaired) electrons. The summed E-state index contributed by atoms with van der Waals surface area (Å²) in [4.78, 5) is 22.0. The van der Waals surface area contributed by atoms with Crippen molar-refractivity contribution in [1.29, 1.82) is 0 Å². The van der Waals surface area contributed by atoms with E-state index in [9.17, 15) is 4.79 Å². The summed E-state index contributed by atoms with van der Waals surface area (Å²) in [6.07, 6.45) is 3.64. The number of likely N-dealkylation sites (tertiary alicyclic amines) is 1. The highest BCUT2D eigenvalue weighted by molar-refractivity contribution is 5.77. The van der Waals surface area contributed by atoms with Crippen molar-refractivity contribution in [2.45, 2.75) is 25.4 Å². The molecule has 0 aliphatic carbocycles. The van der Waals surface area contributed by atoms with Crippen molar-refractivity contribution in [2.75, 3.05) is 6.54 Å². The summed E-state index contributed by atoms with van der Waals surface area (Å²) in [5.41, 5.74) is 1.43. The molecule has 0 bridgehead atoms. The van der Waals surface area contributed by atoms with Crippen LogP contribution >= 0.6 is 0 Å². The fourth-order valence-corrected chi connectivity index (χ4v) is 3.05. The molecule has 4 rings (SSSR count). The van der Waals surface area contributed by atoms with Crippen LogP contribution in [-0.2, 0) is 6.54 Å². The molecule has 0 saturated carbocycles. The average molecular weight is 297 g/mol. The van der Waals surface area contributed by atoms with Gasteiger partial charge in [0.05, 0.1) is 23.1 Å². The molecule has 2 aromatic heterocycles. The first-order valence-electron chi connectivity index (χ1n) is 7.31. The minimum Gasteiger partial charge on any atom is -0.309 e. The van der Waals surface area contributed by atoms with Gasteiger partial charge in [0, 0.05) is 6.54 Å². The van der Waals surface area contributed by atoms with Gasteiger partial charge in [-0.3, -0.25) is 9.69 Å². The number of para-hydroxylation sites is 1. The van der Waals surface area contributed by atoms with E-state index in [4.69, 9.17) is 0 Å². The number of nitrogens with one attached hydrogen (secondary N) is 1. The molecule has 1 aliphatic rings. The summed E-state index contributed by atoms with van der Waals surface area (Å²) in [6, 6.07) is 7.49. The predicted molar refractivity (Wildman–Crippen MR) is 79.0 cm³/mol. The lowest BCUT2D eigenvalue weighted by atomic mass is 10.2. The van der Waals surface area contributed by atoms with Crippen LogP contribution in [-0.4, -0.2) is 31.7 Å². The Balaban J connectivity index is 1.69. The smallest absolute Gasteiger partial charge is 0.258 e. The quantitative estimate of drug-likeness (QED) is 0.790. The number of nitrogens with zero attached hydrogens (tertiary/aromatic N) is 4. The van der Waals surface area contributed by atoms with Crippen LogP contribution in [0, 0.1) is 0 Å². The van der Waals surface area contributed by atoms with Crippen LogP contribution in [0.4, 0.5) is 0 Å². The van der Waals surface area contributed by atoms with E-state index in [-0.39, 0.29) is 11.6 Å². The second kappa shape index (κ2) is 5.34. The van der Waals surface area contributed by atoms with Crippen molar-refractivity contribution >= 4 is 10.9 Å². The Labute approximate surface area is 125 Å². The Morgan fingerprint density at radius 1 is 1.36 bits per heavy atom. The van der Waals surface area contributed by atoms with E-state index in [2.05, 4.69) is 29.8 Å². The highest BCUT2D eigenvalue weighted by Crippen LogP contribution is 2.30. The van der Waals surface area contributed by atoms with Gasteiger partial charge in [0.25, 0.3) is 5.56 Å². The third-order valence-corrected chi connectivity index (χ3v) is 4.08. The molecule has 7 heteroatoms. The number of hydrogen-bond acceptors (Lipinski definition) is 6. The second-order valence-corrected chi connectivity index (χ2v) is 5.50. The van der Waals surface area contributed by atoms with E-state index in [0.717, 1.165) is 36.4 Å². The van der Waals surface area contributed by atoms with Crippen LogP contribution in [0.25, 0.3) is 10.9 Å². The Kier molecular flexibility index (Phi) is 3.19.